The highest BCUT2D eigenvalue weighted by Crippen LogP contribution is 2.44. The Balaban J connectivity index is 1.32. The SMILES string of the molecule is O=C(C1NNC2CCCC21)N1C2CCC1CC(c1ccc(F)cc1)C2. The largest absolute Gasteiger partial charge is 0.335 e. The first-order chi connectivity index (χ1) is 12.2. The van der Waals surface area contributed by atoms with E-state index in [0.717, 1.165) is 32.1 Å². The highest BCUT2D eigenvalue weighted by Gasteiger charge is 2.49. The molecule has 4 fully saturated rings. The molecule has 25 heavy (non-hydrogen) atoms. The van der Waals surface area contributed by atoms with Gasteiger partial charge in [-0.15, -0.1) is 0 Å². The number of hydrazine groups is 1. The van der Waals surface area contributed by atoms with Crippen molar-refractivity contribution in [1.82, 2.24) is 15.8 Å². The third-order valence-electron chi connectivity index (χ3n) is 7.02. The molecule has 2 N–H and O–H groups in total. The van der Waals surface area contributed by atoms with Crippen LogP contribution in [0.15, 0.2) is 24.3 Å². The average molecular weight is 343 g/mol. The smallest absolute Gasteiger partial charge is 0.241 e. The molecule has 3 aliphatic heterocycles. The van der Waals surface area contributed by atoms with E-state index in [4.69, 9.17) is 0 Å². The monoisotopic (exact) mass is 343 g/mol. The average Bonchev–Trinajstić information content (AvgIpc) is 3.28. The molecular weight excluding hydrogens is 317 g/mol. The minimum Gasteiger partial charge on any atom is -0.335 e. The van der Waals surface area contributed by atoms with Crippen LogP contribution in [0.1, 0.15) is 56.4 Å². The second kappa shape index (κ2) is 6.06. The molecule has 1 saturated carbocycles. The van der Waals surface area contributed by atoms with E-state index < -0.39 is 0 Å². The van der Waals surface area contributed by atoms with Gasteiger partial charge in [-0.3, -0.25) is 10.2 Å². The summed E-state index contributed by atoms with van der Waals surface area (Å²) in [5, 5.41) is 0. The maximum absolute atomic E-state index is 13.3. The van der Waals surface area contributed by atoms with E-state index in [0.29, 0.717) is 35.9 Å². The molecule has 5 rings (SSSR count). The first-order valence-electron chi connectivity index (χ1n) is 9.79. The number of hydrogen-bond donors (Lipinski definition) is 2. The van der Waals surface area contributed by atoms with Crippen LogP contribution < -0.4 is 10.9 Å². The van der Waals surface area contributed by atoms with Crippen molar-refractivity contribution in [3.63, 3.8) is 0 Å². The summed E-state index contributed by atoms with van der Waals surface area (Å²) in [5.41, 5.74) is 7.86. The number of nitrogens with zero attached hydrogens (tertiary/aromatic N) is 1. The highest BCUT2D eigenvalue weighted by atomic mass is 19.1. The van der Waals surface area contributed by atoms with E-state index in [9.17, 15) is 9.18 Å². The van der Waals surface area contributed by atoms with Crippen LogP contribution in [0, 0.1) is 11.7 Å². The van der Waals surface area contributed by atoms with Crippen molar-refractivity contribution in [3.05, 3.63) is 35.6 Å². The molecule has 4 nitrogen and oxygen atoms in total. The van der Waals surface area contributed by atoms with Crippen molar-refractivity contribution in [2.24, 2.45) is 5.92 Å². The quantitative estimate of drug-likeness (QED) is 0.868. The van der Waals surface area contributed by atoms with Crippen LogP contribution in [0.2, 0.25) is 0 Å². The van der Waals surface area contributed by atoms with Gasteiger partial charge in [-0.2, -0.15) is 0 Å². The molecule has 5 heteroatoms. The number of carbonyl (C=O) groups excluding carboxylic acids is 1. The van der Waals surface area contributed by atoms with Crippen LogP contribution >= 0.6 is 0 Å². The summed E-state index contributed by atoms with van der Waals surface area (Å²) < 4.78 is 13.2. The third kappa shape index (κ3) is 2.59. The Labute approximate surface area is 148 Å². The van der Waals surface area contributed by atoms with E-state index in [1.54, 1.807) is 12.1 Å². The lowest BCUT2D eigenvalue weighted by atomic mass is 9.84. The molecule has 5 atom stereocenters. The summed E-state index contributed by atoms with van der Waals surface area (Å²) in [6.45, 7) is 0. The van der Waals surface area contributed by atoms with Gasteiger partial charge < -0.3 is 4.90 Å². The fraction of sp³-hybridized carbons (Fsp3) is 0.650. The molecule has 1 aromatic carbocycles. The van der Waals surface area contributed by atoms with Crippen LogP contribution in [0.25, 0.3) is 0 Å². The van der Waals surface area contributed by atoms with Crippen LogP contribution in [0.3, 0.4) is 0 Å². The van der Waals surface area contributed by atoms with Crippen molar-refractivity contribution in [2.45, 2.75) is 75.0 Å². The Morgan fingerprint density at radius 3 is 2.44 bits per heavy atom. The van der Waals surface area contributed by atoms with E-state index in [1.165, 1.54) is 18.4 Å². The lowest BCUT2D eigenvalue weighted by molar-refractivity contribution is -0.138. The highest BCUT2D eigenvalue weighted by molar-refractivity contribution is 5.84. The Kier molecular flexibility index (Phi) is 3.82. The molecule has 134 valence electrons. The van der Waals surface area contributed by atoms with E-state index in [2.05, 4.69) is 15.8 Å². The number of halogens is 1. The van der Waals surface area contributed by atoms with Gasteiger partial charge in [0.15, 0.2) is 0 Å². The second-order valence-corrected chi connectivity index (χ2v) is 8.32. The molecule has 3 heterocycles. The first kappa shape index (κ1) is 15.8. The third-order valence-corrected chi connectivity index (χ3v) is 7.02. The summed E-state index contributed by atoms with van der Waals surface area (Å²) in [5.74, 6) is 1.05. The first-order valence-corrected chi connectivity index (χ1v) is 9.79. The zero-order valence-electron chi connectivity index (χ0n) is 14.5. The minimum atomic E-state index is -0.176. The van der Waals surface area contributed by atoms with Gasteiger partial charge >= 0.3 is 0 Å². The Bertz CT molecular complexity index is 649. The summed E-state index contributed by atoms with van der Waals surface area (Å²) >= 11 is 0. The molecule has 0 radical (unpaired) electrons. The molecule has 1 amide bonds. The fourth-order valence-corrected chi connectivity index (χ4v) is 5.82. The normalized spacial score (nSPS) is 39.6. The minimum absolute atomic E-state index is 0.0435. The molecule has 4 aliphatic rings. The van der Waals surface area contributed by atoms with Gasteiger partial charge in [0.1, 0.15) is 11.9 Å². The lowest BCUT2D eigenvalue weighted by Crippen LogP contribution is -2.54. The Morgan fingerprint density at radius 2 is 1.72 bits per heavy atom. The molecule has 1 aromatic rings. The summed E-state index contributed by atoms with van der Waals surface area (Å²) in [4.78, 5) is 15.5. The molecule has 0 spiro atoms. The number of hydrogen-bond acceptors (Lipinski definition) is 3. The van der Waals surface area contributed by atoms with Crippen molar-refractivity contribution in [3.8, 4) is 0 Å². The van der Waals surface area contributed by atoms with Gasteiger partial charge in [-0.1, -0.05) is 18.6 Å². The molecule has 2 bridgehead atoms. The summed E-state index contributed by atoms with van der Waals surface area (Å²) in [6.07, 6.45) is 7.83. The van der Waals surface area contributed by atoms with Crippen LogP contribution in [-0.4, -0.2) is 35.0 Å². The zero-order chi connectivity index (χ0) is 17.0. The van der Waals surface area contributed by atoms with Gasteiger partial charge in [0.2, 0.25) is 5.91 Å². The van der Waals surface area contributed by atoms with Crippen LogP contribution in [0.5, 0.6) is 0 Å². The number of amides is 1. The molecular formula is C20H26FN3O. The number of nitrogens with one attached hydrogen (secondary N) is 2. The number of rotatable bonds is 2. The molecule has 5 unspecified atom stereocenters. The Morgan fingerprint density at radius 1 is 1.00 bits per heavy atom. The van der Waals surface area contributed by atoms with E-state index in [1.807, 2.05) is 12.1 Å². The van der Waals surface area contributed by atoms with Crippen molar-refractivity contribution in [1.29, 1.82) is 0 Å². The molecule has 3 saturated heterocycles. The Hall–Kier alpha value is -1.46. The van der Waals surface area contributed by atoms with Crippen molar-refractivity contribution >= 4 is 5.91 Å². The van der Waals surface area contributed by atoms with Gasteiger partial charge in [-0.05, 0) is 62.1 Å². The topological polar surface area (TPSA) is 44.4 Å². The number of fused-ring (bicyclic) bond motifs is 3. The van der Waals surface area contributed by atoms with E-state index in [-0.39, 0.29) is 11.9 Å². The van der Waals surface area contributed by atoms with Crippen LogP contribution in [-0.2, 0) is 4.79 Å². The zero-order valence-corrected chi connectivity index (χ0v) is 14.5. The van der Waals surface area contributed by atoms with E-state index >= 15 is 0 Å². The van der Waals surface area contributed by atoms with Gasteiger partial charge in [-0.25, -0.2) is 9.82 Å². The fourth-order valence-electron chi connectivity index (χ4n) is 5.82. The van der Waals surface area contributed by atoms with Crippen molar-refractivity contribution in [2.75, 3.05) is 0 Å². The van der Waals surface area contributed by atoms with Gasteiger partial charge in [0.25, 0.3) is 0 Å². The summed E-state index contributed by atoms with van der Waals surface area (Å²) in [6, 6.07) is 8.09. The number of carbonyl (C=O) groups is 1. The lowest BCUT2D eigenvalue weighted by Gasteiger charge is -2.41. The second-order valence-electron chi connectivity index (χ2n) is 8.32. The predicted octanol–water partition coefficient (Wildman–Crippen LogP) is 2.71. The van der Waals surface area contributed by atoms with Crippen molar-refractivity contribution < 1.29 is 9.18 Å². The molecule has 0 aromatic heterocycles. The van der Waals surface area contributed by atoms with Gasteiger partial charge in [0, 0.05) is 24.0 Å². The van der Waals surface area contributed by atoms with Gasteiger partial charge in [0.05, 0.1) is 0 Å². The number of piperidine rings is 1. The summed E-state index contributed by atoms with van der Waals surface area (Å²) in [7, 11) is 0. The standard InChI is InChI=1S/C20H26FN3O/c21-14-6-4-12(5-7-14)13-10-15-8-9-16(11-13)24(15)20(25)19-17-2-1-3-18(17)22-23-19/h4-7,13,15-19,22-23H,1-3,8-11H2. The maximum atomic E-state index is 13.3. The number of benzene rings is 1. The maximum Gasteiger partial charge on any atom is 0.241 e. The predicted molar refractivity (Wildman–Crippen MR) is 93.2 cm³/mol. The molecule has 1 aliphatic carbocycles. The van der Waals surface area contributed by atoms with Crippen LogP contribution in [0.4, 0.5) is 4.39 Å².